The molecule has 1 heterocycles. The van der Waals surface area contributed by atoms with Gasteiger partial charge in [0.1, 0.15) is 11.6 Å². The number of rotatable bonds is 7. The van der Waals surface area contributed by atoms with Crippen molar-refractivity contribution in [2.75, 3.05) is 12.4 Å². The van der Waals surface area contributed by atoms with Crippen LogP contribution in [0.3, 0.4) is 0 Å². The van der Waals surface area contributed by atoms with Crippen molar-refractivity contribution in [3.05, 3.63) is 63.6 Å². The minimum absolute atomic E-state index is 0.140. The third-order valence-electron chi connectivity index (χ3n) is 3.95. The second-order valence-electron chi connectivity index (χ2n) is 6.04. The van der Waals surface area contributed by atoms with E-state index in [0.29, 0.717) is 33.8 Å². The molecule has 0 radical (unpaired) electrons. The third-order valence-corrected chi connectivity index (χ3v) is 5.39. The third kappa shape index (κ3) is 5.88. The smallest absolute Gasteiger partial charge is 0.257 e. The van der Waals surface area contributed by atoms with E-state index in [2.05, 4.69) is 20.8 Å². The number of hydrogen-bond acceptors (Lipinski definition) is 7. The molecule has 3 aromatic rings. The van der Waals surface area contributed by atoms with Gasteiger partial charge in [0, 0.05) is 10.6 Å². The van der Waals surface area contributed by atoms with Gasteiger partial charge in [0.25, 0.3) is 5.91 Å². The number of nitrogens with one attached hydrogen (secondary N) is 2. The molecule has 0 fully saturated rings. The lowest BCUT2D eigenvalue weighted by molar-refractivity contribution is 0.0977. The fourth-order valence-electron chi connectivity index (χ4n) is 2.42. The Kier molecular flexibility index (Phi) is 7.56. The minimum Gasteiger partial charge on any atom is -0.493 e. The molecule has 0 aliphatic carbocycles. The van der Waals surface area contributed by atoms with Crippen LogP contribution in [0.15, 0.2) is 42.5 Å². The second kappa shape index (κ2) is 10.3. The summed E-state index contributed by atoms with van der Waals surface area (Å²) < 4.78 is 11.2. The van der Waals surface area contributed by atoms with E-state index >= 15 is 0 Å². The summed E-state index contributed by atoms with van der Waals surface area (Å²) in [6, 6.07) is 12.3. The largest absolute Gasteiger partial charge is 0.493 e. The molecule has 7 nitrogen and oxygen atoms in total. The number of carbonyl (C=O) groups excluding carboxylic acids is 1. The predicted octanol–water partition coefficient (Wildman–Crippen LogP) is 4.47. The summed E-state index contributed by atoms with van der Waals surface area (Å²) in [5, 5.41) is 15.7. The Morgan fingerprint density at radius 2 is 1.93 bits per heavy atom. The van der Waals surface area contributed by atoms with Crippen LogP contribution in [0.2, 0.25) is 5.02 Å². The van der Waals surface area contributed by atoms with Crippen molar-refractivity contribution < 1.29 is 14.3 Å². The van der Waals surface area contributed by atoms with E-state index in [0.717, 1.165) is 17.0 Å². The number of ether oxygens (including phenoxy) is 2. The fraction of sp³-hybridized carbons (Fsp3) is 0.200. The predicted molar refractivity (Wildman–Crippen MR) is 122 cm³/mol. The molecule has 10 heteroatoms. The lowest BCUT2D eigenvalue weighted by atomic mass is 10.2. The summed E-state index contributed by atoms with van der Waals surface area (Å²) in [7, 11) is 1.51. The van der Waals surface area contributed by atoms with Crippen molar-refractivity contribution >= 4 is 51.3 Å². The van der Waals surface area contributed by atoms with Crippen LogP contribution in [0.1, 0.15) is 27.9 Å². The van der Waals surface area contributed by atoms with Gasteiger partial charge in [0.2, 0.25) is 5.13 Å². The van der Waals surface area contributed by atoms with E-state index in [4.69, 9.17) is 33.3 Å². The molecular formula is C20H19ClN4O3S2. The average Bonchev–Trinajstić information content (AvgIpc) is 3.20. The second-order valence-corrected chi connectivity index (χ2v) is 7.95. The van der Waals surface area contributed by atoms with Crippen LogP contribution >= 0.6 is 35.2 Å². The number of halogens is 1. The maximum absolute atomic E-state index is 12.5. The summed E-state index contributed by atoms with van der Waals surface area (Å²) in [6.07, 6.45) is 0.782. The molecule has 0 bridgehead atoms. The van der Waals surface area contributed by atoms with E-state index in [-0.39, 0.29) is 11.0 Å². The molecule has 3 rings (SSSR count). The SMILES string of the molecule is CCc1nnc(NC(=S)NC(=O)c2ccc(OCc3ccc(Cl)cc3)c(OC)c2)s1. The molecule has 0 saturated carbocycles. The zero-order valence-electron chi connectivity index (χ0n) is 16.3. The van der Waals surface area contributed by atoms with Gasteiger partial charge in [-0.3, -0.25) is 10.1 Å². The van der Waals surface area contributed by atoms with Crippen molar-refractivity contribution in [1.82, 2.24) is 15.5 Å². The standard InChI is InChI=1S/C20H19ClN4O3S2/c1-3-17-24-25-20(30-17)23-19(29)22-18(26)13-6-9-15(16(10-13)27-2)28-11-12-4-7-14(21)8-5-12/h4-10H,3,11H2,1-2H3,(H2,22,23,25,26,29). The Morgan fingerprint density at radius 3 is 2.60 bits per heavy atom. The Labute approximate surface area is 188 Å². The molecule has 2 N–H and O–H groups in total. The summed E-state index contributed by atoms with van der Waals surface area (Å²) in [4.78, 5) is 12.5. The Balaban J connectivity index is 1.61. The van der Waals surface area contributed by atoms with Gasteiger partial charge < -0.3 is 14.8 Å². The van der Waals surface area contributed by atoms with Crippen LogP contribution in [-0.4, -0.2) is 28.3 Å². The zero-order valence-corrected chi connectivity index (χ0v) is 18.7. The number of nitrogens with zero attached hydrogens (tertiary/aromatic N) is 2. The van der Waals surface area contributed by atoms with Crippen molar-refractivity contribution in [2.45, 2.75) is 20.0 Å². The summed E-state index contributed by atoms with van der Waals surface area (Å²) >= 11 is 12.5. The number of benzene rings is 2. The van der Waals surface area contributed by atoms with Crippen LogP contribution in [0.5, 0.6) is 11.5 Å². The molecule has 156 valence electrons. The van der Waals surface area contributed by atoms with E-state index in [1.54, 1.807) is 30.3 Å². The van der Waals surface area contributed by atoms with Gasteiger partial charge in [-0.25, -0.2) is 0 Å². The maximum atomic E-state index is 12.5. The van der Waals surface area contributed by atoms with E-state index in [1.165, 1.54) is 18.4 Å². The lowest BCUT2D eigenvalue weighted by Gasteiger charge is -2.13. The summed E-state index contributed by atoms with van der Waals surface area (Å²) in [6.45, 7) is 2.33. The minimum atomic E-state index is -0.379. The molecule has 0 spiro atoms. The highest BCUT2D eigenvalue weighted by Crippen LogP contribution is 2.29. The van der Waals surface area contributed by atoms with Gasteiger partial charge in [0.15, 0.2) is 16.6 Å². The van der Waals surface area contributed by atoms with E-state index < -0.39 is 0 Å². The molecular weight excluding hydrogens is 444 g/mol. The molecule has 0 saturated heterocycles. The molecule has 0 aliphatic heterocycles. The van der Waals surface area contributed by atoms with Gasteiger partial charge in [-0.05, 0) is 54.5 Å². The monoisotopic (exact) mass is 462 g/mol. The van der Waals surface area contributed by atoms with Gasteiger partial charge in [0.05, 0.1) is 7.11 Å². The van der Waals surface area contributed by atoms with Crippen molar-refractivity contribution in [2.24, 2.45) is 0 Å². The van der Waals surface area contributed by atoms with Crippen molar-refractivity contribution in [3.63, 3.8) is 0 Å². The Morgan fingerprint density at radius 1 is 1.17 bits per heavy atom. The number of hydrogen-bond donors (Lipinski definition) is 2. The van der Waals surface area contributed by atoms with Gasteiger partial charge in [-0.15, -0.1) is 10.2 Å². The van der Waals surface area contributed by atoms with E-state index in [9.17, 15) is 4.79 Å². The number of amides is 1. The zero-order chi connectivity index (χ0) is 21.5. The Bertz CT molecular complexity index is 1040. The normalized spacial score (nSPS) is 10.4. The number of anilines is 1. The molecule has 0 aliphatic rings. The number of aromatic nitrogens is 2. The topological polar surface area (TPSA) is 85.4 Å². The first-order valence-electron chi connectivity index (χ1n) is 8.98. The first kappa shape index (κ1) is 21.9. The number of aryl methyl sites for hydroxylation is 1. The maximum Gasteiger partial charge on any atom is 0.257 e. The van der Waals surface area contributed by atoms with E-state index in [1.807, 2.05) is 19.1 Å². The van der Waals surface area contributed by atoms with Gasteiger partial charge in [-0.2, -0.15) is 0 Å². The molecule has 1 amide bonds. The van der Waals surface area contributed by atoms with Gasteiger partial charge >= 0.3 is 0 Å². The molecule has 0 unspecified atom stereocenters. The Hall–Kier alpha value is -2.75. The van der Waals surface area contributed by atoms with Crippen LogP contribution in [0.4, 0.5) is 5.13 Å². The highest BCUT2D eigenvalue weighted by Gasteiger charge is 2.14. The number of methoxy groups -OCH3 is 1. The lowest BCUT2D eigenvalue weighted by Crippen LogP contribution is -2.34. The quantitative estimate of drug-likeness (QED) is 0.501. The highest BCUT2D eigenvalue weighted by molar-refractivity contribution is 7.80. The first-order valence-corrected chi connectivity index (χ1v) is 10.6. The van der Waals surface area contributed by atoms with Crippen LogP contribution < -0.4 is 20.1 Å². The fourth-order valence-corrected chi connectivity index (χ4v) is 3.48. The highest BCUT2D eigenvalue weighted by atomic mass is 35.5. The van der Waals surface area contributed by atoms with Crippen LogP contribution in [0.25, 0.3) is 0 Å². The van der Waals surface area contributed by atoms with Crippen LogP contribution in [-0.2, 0) is 13.0 Å². The summed E-state index contributed by atoms with van der Waals surface area (Å²) in [5.74, 6) is 0.577. The molecule has 30 heavy (non-hydrogen) atoms. The number of thiocarbonyl (C=S) groups is 1. The first-order chi connectivity index (χ1) is 14.5. The molecule has 0 atom stereocenters. The molecule has 1 aromatic heterocycles. The average molecular weight is 463 g/mol. The van der Waals surface area contributed by atoms with Crippen LogP contribution in [0, 0.1) is 0 Å². The number of carbonyl (C=O) groups is 1. The van der Waals surface area contributed by atoms with Crippen molar-refractivity contribution in [3.8, 4) is 11.5 Å². The van der Waals surface area contributed by atoms with Crippen molar-refractivity contribution in [1.29, 1.82) is 0 Å². The molecule has 2 aromatic carbocycles. The summed E-state index contributed by atoms with van der Waals surface area (Å²) in [5.41, 5.74) is 1.34. The van der Waals surface area contributed by atoms with Gasteiger partial charge in [-0.1, -0.05) is 42.0 Å².